The Bertz CT molecular complexity index is 765. The SMILES string of the molecule is CCOc1ccc2[nH]c(-c3ccc(O)cc3C)nc2n1. The molecule has 0 fully saturated rings. The van der Waals surface area contributed by atoms with Gasteiger partial charge in [0.1, 0.15) is 11.6 Å². The summed E-state index contributed by atoms with van der Waals surface area (Å²) in [6, 6.07) is 8.92. The number of nitrogens with one attached hydrogen (secondary N) is 1. The van der Waals surface area contributed by atoms with E-state index in [1.165, 1.54) is 0 Å². The second-order valence-electron chi connectivity index (χ2n) is 4.54. The van der Waals surface area contributed by atoms with Gasteiger partial charge in [-0.2, -0.15) is 4.98 Å². The minimum atomic E-state index is 0.249. The van der Waals surface area contributed by atoms with Gasteiger partial charge in [0, 0.05) is 11.6 Å². The summed E-state index contributed by atoms with van der Waals surface area (Å²) in [5.74, 6) is 1.55. The third-order valence-electron chi connectivity index (χ3n) is 3.08. The van der Waals surface area contributed by atoms with E-state index < -0.39 is 0 Å². The third-order valence-corrected chi connectivity index (χ3v) is 3.08. The van der Waals surface area contributed by atoms with Crippen molar-refractivity contribution in [2.45, 2.75) is 13.8 Å². The van der Waals surface area contributed by atoms with Crippen LogP contribution in [0.2, 0.25) is 0 Å². The maximum Gasteiger partial charge on any atom is 0.215 e. The monoisotopic (exact) mass is 269 g/mol. The number of phenolic OH excluding ortho intramolecular Hbond substituents is 1. The smallest absolute Gasteiger partial charge is 0.215 e. The second-order valence-corrected chi connectivity index (χ2v) is 4.54. The second kappa shape index (κ2) is 4.85. The maximum absolute atomic E-state index is 9.46. The lowest BCUT2D eigenvalue weighted by molar-refractivity contribution is 0.328. The lowest BCUT2D eigenvalue weighted by Gasteiger charge is -2.02. The molecule has 102 valence electrons. The van der Waals surface area contributed by atoms with E-state index in [4.69, 9.17) is 4.74 Å². The predicted octanol–water partition coefficient (Wildman–Crippen LogP) is 3.04. The minimum absolute atomic E-state index is 0.249. The van der Waals surface area contributed by atoms with Crippen LogP contribution in [0.5, 0.6) is 11.6 Å². The molecule has 3 rings (SSSR count). The molecule has 0 radical (unpaired) electrons. The highest BCUT2D eigenvalue weighted by Gasteiger charge is 2.10. The topological polar surface area (TPSA) is 71.0 Å². The van der Waals surface area contributed by atoms with E-state index in [0.717, 1.165) is 22.5 Å². The van der Waals surface area contributed by atoms with Gasteiger partial charge >= 0.3 is 0 Å². The van der Waals surface area contributed by atoms with E-state index in [2.05, 4.69) is 15.0 Å². The van der Waals surface area contributed by atoms with Gasteiger partial charge in [-0.05, 0) is 43.7 Å². The number of phenols is 1. The lowest BCUT2D eigenvalue weighted by atomic mass is 10.1. The Balaban J connectivity index is 2.08. The van der Waals surface area contributed by atoms with Gasteiger partial charge in [-0.3, -0.25) is 0 Å². The molecule has 0 unspecified atom stereocenters. The number of aromatic amines is 1. The highest BCUT2D eigenvalue weighted by atomic mass is 16.5. The molecular weight excluding hydrogens is 254 g/mol. The first-order valence-corrected chi connectivity index (χ1v) is 6.47. The average molecular weight is 269 g/mol. The zero-order chi connectivity index (χ0) is 14.1. The van der Waals surface area contributed by atoms with Crippen LogP contribution >= 0.6 is 0 Å². The standard InChI is InChI=1S/C15H15N3O2/c1-3-20-13-7-6-12-15(17-13)18-14(16-12)11-5-4-10(19)8-9(11)2/h4-8,19H,3H2,1-2H3,(H,16,17,18). The van der Waals surface area contributed by atoms with Crippen molar-refractivity contribution in [3.8, 4) is 23.0 Å². The van der Waals surface area contributed by atoms with Crippen LogP contribution in [-0.2, 0) is 0 Å². The van der Waals surface area contributed by atoms with Crippen molar-refractivity contribution in [2.24, 2.45) is 0 Å². The van der Waals surface area contributed by atoms with Crippen LogP contribution in [0.25, 0.3) is 22.6 Å². The van der Waals surface area contributed by atoms with Crippen molar-refractivity contribution in [1.29, 1.82) is 0 Å². The number of rotatable bonds is 3. The molecule has 0 aliphatic heterocycles. The number of fused-ring (bicyclic) bond motifs is 1. The number of benzene rings is 1. The zero-order valence-electron chi connectivity index (χ0n) is 11.3. The van der Waals surface area contributed by atoms with Crippen LogP contribution in [-0.4, -0.2) is 26.7 Å². The Morgan fingerprint density at radius 1 is 1.20 bits per heavy atom. The fraction of sp³-hybridized carbons (Fsp3) is 0.200. The number of pyridine rings is 1. The van der Waals surface area contributed by atoms with Crippen LogP contribution in [0.3, 0.4) is 0 Å². The van der Waals surface area contributed by atoms with Gasteiger partial charge in [0.2, 0.25) is 5.88 Å². The van der Waals surface area contributed by atoms with E-state index >= 15 is 0 Å². The molecule has 0 aliphatic rings. The molecule has 0 atom stereocenters. The summed E-state index contributed by atoms with van der Waals surface area (Å²) >= 11 is 0. The van der Waals surface area contributed by atoms with Crippen LogP contribution in [0.15, 0.2) is 30.3 Å². The predicted molar refractivity (Wildman–Crippen MR) is 76.9 cm³/mol. The number of ether oxygens (including phenoxy) is 1. The molecule has 2 N–H and O–H groups in total. The average Bonchev–Trinajstić information content (AvgIpc) is 2.81. The van der Waals surface area contributed by atoms with E-state index in [-0.39, 0.29) is 5.75 Å². The molecule has 3 aromatic rings. The largest absolute Gasteiger partial charge is 0.508 e. The Labute approximate surface area is 116 Å². The molecule has 1 aromatic carbocycles. The van der Waals surface area contributed by atoms with Crippen LogP contribution in [0.4, 0.5) is 0 Å². The molecule has 2 aromatic heterocycles. The van der Waals surface area contributed by atoms with E-state index in [1.807, 2.05) is 32.0 Å². The van der Waals surface area contributed by atoms with Gasteiger partial charge in [0.05, 0.1) is 12.1 Å². The van der Waals surface area contributed by atoms with Gasteiger partial charge in [0.15, 0.2) is 5.65 Å². The molecule has 2 heterocycles. The number of aromatic hydroxyl groups is 1. The summed E-state index contributed by atoms with van der Waals surface area (Å²) in [6.45, 7) is 4.43. The van der Waals surface area contributed by atoms with Crippen molar-refractivity contribution in [2.75, 3.05) is 6.61 Å². The summed E-state index contributed by atoms with van der Waals surface area (Å²) in [7, 11) is 0. The van der Waals surface area contributed by atoms with Crippen molar-refractivity contribution in [3.63, 3.8) is 0 Å². The van der Waals surface area contributed by atoms with Gasteiger partial charge < -0.3 is 14.8 Å². The summed E-state index contributed by atoms with van der Waals surface area (Å²) in [6.07, 6.45) is 0. The molecule has 0 bridgehead atoms. The molecule has 0 spiro atoms. The van der Waals surface area contributed by atoms with Crippen LogP contribution < -0.4 is 4.74 Å². The first kappa shape index (κ1) is 12.5. The third kappa shape index (κ3) is 2.18. The zero-order valence-corrected chi connectivity index (χ0v) is 11.3. The molecular formula is C15H15N3O2. The van der Waals surface area contributed by atoms with E-state index in [1.54, 1.807) is 12.1 Å². The Morgan fingerprint density at radius 3 is 2.80 bits per heavy atom. The van der Waals surface area contributed by atoms with Gasteiger partial charge in [0.25, 0.3) is 0 Å². The van der Waals surface area contributed by atoms with Crippen molar-refractivity contribution >= 4 is 11.2 Å². The fourth-order valence-electron chi connectivity index (χ4n) is 2.14. The normalized spacial score (nSPS) is 10.9. The Kier molecular flexibility index (Phi) is 3.02. The van der Waals surface area contributed by atoms with Gasteiger partial charge in [-0.1, -0.05) is 0 Å². The Morgan fingerprint density at radius 2 is 2.05 bits per heavy atom. The number of aromatic nitrogens is 3. The summed E-state index contributed by atoms with van der Waals surface area (Å²) in [5, 5.41) is 9.46. The number of hydrogen-bond donors (Lipinski definition) is 2. The Hall–Kier alpha value is -2.56. The van der Waals surface area contributed by atoms with E-state index in [9.17, 15) is 5.11 Å². The molecule has 0 amide bonds. The van der Waals surface area contributed by atoms with Crippen LogP contribution in [0.1, 0.15) is 12.5 Å². The van der Waals surface area contributed by atoms with Gasteiger partial charge in [-0.25, -0.2) is 4.98 Å². The number of imidazole rings is 1. The number of hydrogen-bond acceptors (Lipinski definition) is 4. The number of H-pyrrole nitrogens is 1. The molecule has 20 heavy (non-hydrogen) atoms. The number of aryl methyl sites for hydroxylation is 1. The van der Waals surface area contributed by atoms with Crippen molar-refractivity contribution in [1.82, 2.24) is 15.0 Å². The first-order chi connectivity index (χ1) is 9.67. The first-order valence-electron chi connectivity index (χ1n) is 6.47. The quantitative estimate of drug-likeness (QED) is 0.766. The summed E-state index contributed by atoms with van der Waals surface area (Å²) in [5.41, 5.74) is 3.38. The molecule has 0 aliphatic carbocycles. The number of nitrogens with zero attached hydrogens (tertiary/aromatic N) is 2. The van der Waals surface area contributed by atoms with Crippen molar-refractivity contribution in [3.05, 3.63) is 35.9 Å². The highest BCUT2D eigenvalue weighted by Crippen LogP contribution is 2.26. The molecule has 5 nitrogen and oxygen atoms in total. The summed E-state index contributed by atoms with van der Waals surface area (Å²) in [4.78, 5) is 12.1. The molecule has 0 saturated carbocycles. The summed E-state index contributed by atoms with van der Waals surface area (Å²) < 4.78 is 5.37. The lowest BCUT2D eigenvalue weighted by Crippen LogP contribution is -1.93. The molecule has 0 saturated heterocycles. The maximum atomic E-state index is 9.46. The van der Waals surface area contributed by atoms with Gasteiger partial charge in [-0.15, -0.1) is 0 Å². The van der Waals surface area contributed by atoms with Crippen molar-refractivity contribution < 1.29 is 9.84 Å². The van der Waals surface area contributed by atoms with Crippen LogP contribution in [0, 0.1) is 6.92 Å². The minimum Gasteiger partial charge on any atom is -0.508 e. The van der Waals surface area contributed by atoms with E-state index in [0.29, 0.717) is 18.1 Å². The highest BCUT2D eigenvalue weighted by molar-refractivity contribution is 5.77. The molecule has 5 heteroatoms. The fourth-order valence-corrected chi connectivity index (χ4v) is 2.14.